The molecule has 0 aliphatic carbocycles. The molecule has 3 rings (SSSR count). The van der Waals surface area contributed by atoms with Crippen molar-refractivity contribution in [3.8, 4) is 0 Å². The molecule has 0 aliphatic rings. The molecule has 0 unspecified atom stereocenters. The summed E-state index contributed by atoms with van der Waals surface area (Å²) in [5, 5.41) is 3.23. The predicted molar refractivity (Wildman–Crippen MR) is 91.7 cm³/mol. The summed E-state index contributed by atoms with van der Waals surface area (Å²) in [7, 11) is -4.33. The number of allylic oxidation sites excluding steroid dienone is 1. The fourth-order valence-electron chi connectivity index (χ4n) is 2.60. The van der Waals surface area contributed by atoms with E-state index >= 15 is 0 Å². The van der Waals surface area contributed by atoms with Crippen LogP contribution in [-0.2, 0) is 10.1 Å². The quantitative estimate of drug-likeness (QED) is 0.539. The first-order chi connectivity index (χ1) is 9.88. The third kappa shape index (κ3) is 3.27. The first kappa shape index (κ1) is 18.0. The molecule has 0 bridgehead atoms. The average Bonchev–Trinajstić information content (AvgIpc) is 2.42. The molecule has 107 valence electrons. The monoisotopic (exact) mass is 383 g/mol. The summed E-state index contributed by atoms with van der Waals surface area (Å²) in [4.78, 5) is -0.0711. The number of rotatable bonds is 2. The van der Waals surface area contributed by atoms with E-state index in [0.29, 0.717) is 16.5 Å². The van der Waals surface area contributed by atoms with Crippen LogP contribution in [0.1, 0.15) is 12.5 Å². The van der Waals surface area contributed by atoms with Gasteiger partial charge < -0.3 is 0 Å². The Morgan fingerprint density at radius 2 is 1.59 bits per heavy atom. The van der Waals surface area contributed by atoms with Gasteiger partial charge >= 0.3 is 0 Å². The van der Waals surface area contributed by atoms with E-state index in [-0.39, 0.29) is 63.1 Å². The summed E-state index contributed by atoms with van der Waals surface area (Å²) in [5.41, 5.74) is 1.04. The van der Waals surface area contributed by atoms with E-state index in [1.807, 2.05) is 36.4 Å². The molecule has 3 aromatic rings. The van der Waals surface area contributed by atoms with Gasteiger partial charge in [-0.3, -0.25) is 4.55 Å². The van der Waals surface area contributed by atoms with Crippen molar-refractivity contribution in [1.29, 1.82) is 0 Å². The third-order valence-corrected chi connectivity index (χ3v) is 4.51. The largest absolute Gasteiger partial charge is 0.295 e. The van der Waals surface area contributed by atoms with E-state index < -0.39 is 10.1 Å². The first-order valence-electron chi connectivity index (χ1n) is 6.47. The zero-order chi connectivity index (χ0) is 15.2. The molecule has 0 spiro atoms. The average molecular weight is 384 g/mol. The molecule has 0 amide bonds. The van der Waals surface area contributed by atoms with Crippen LogP contribution >= 0.6 is 0 Å². The van der Waals surface area contributed by atoms with Crippen molar-refractivity contribution in [2.75, 3.05) is 0 Å². The standard InChI is InChI=1S/C17H14O3S.Rb/c1-11(2)15-8-7-14-9-12-5-3-4-6-13(12)10-16(14)17(15)21(18,19)20;/h3-10H,1H2,2H3,(H,18,19,20);. The van der Waals surface area contributed by atoms with Crippen LogP contribution in [0.5, 0.6) is 0 Å². The number of benzene rings is 3. The molecule has 0 aromatic heterocycles. The molecular weight excluding hydrogens is 370 g/mol. The molecule has 0 atom stereocenters. The fraction of sp³-hybridized carbons (Fsp3) is 0.0588. The maximum Gasteiger partial charge on any atom is 0.295 e. The van der Waals surface area contributed by atoms with Crippen LogP contribution < -0.4 is 0 Å². The van der Waals surface area contributed by atoms with Crippen LogP contribution in [0.15, 0.2) is 60.0 Å². The smallest absolute Gasteiger partial charge is 0.282 e. The summed E-state index contributed by atoms with van der Waals surface area (Å²) in [6.07, 6.45) is 0. The van der Waals surface area contributed by atoms with Crippen LogP contribution in [0.2, 0.25) is 0 Å². The van der Waals surface area contributed by atoms with Gasteiger partial charge in [-0.25, -0.2) is 0 Å². The van der Waals surface area contributed by atoms with E-state index in [1.165, 1.54) is 0 Å². The second-order valence-electron chi connectivity index (χ2n) is 5.12. The van der Waals surface area contributed by atoms with Gasteiger partial charge in [0, 0.05) is 63.6 Å². The maximum absolute atomic E-state index is 11.8. The van der Waals surface area contributed by atoms with Gasteiger partial charge in [-0.2, -0.15) is 8.42 Å². The Morgan fingerprint density at radius 1 is 1.00 bits per heavy atom. The predicted octanol–water partition coefficient (Wildman–Crippen LogP) is 3.89. The minimum Gasteiger partial charge on any atom is -0.282 e. The van der Waals surface area contributed by atoms with Gasteiger partial charge in [0.05, 0.1) is 0 Å². The summed E-state index contributed by atoms with van der Waals surface area (Å²) in [5.74, 6) is 0. The number of fused-ring (bicyclic) bond motifs is 2. The van der Waals surface area contributed by atoms with E-state index in [2.05, 4.69) is 6.58 Å². The maximum atomic E-state index is 11.8. The molecule has 3 nitrogen and oxygen atoms in total. The molecule has 1 N–H and O–H groups in total. The number of hydrogen-bond donors (Lipinski definition) is 1. The summed E-state index contributed by atoms with van der Waals surface area (Å²) >= 11 is 0. The molecular formula is C17H14O3RbS. The van der Waals surface area contributed by atoms with Crippen LogP contribution in [0.3, 0.4) is 0 Å². The van der Waals surface area contributed by atoms with Crippen LogP contribution in [0.25, 0.3) is 27.1 Å². The van der Waals surface area contributed by atoms with Crippen molar-refractivity contribution in [3.05, 3.63) is 60.7 Å². The van der Waals surface area contributed by atoms with Crippen molar-refractivity contribution in [1.82, 2.24) is 0 Å². The molecule has 0 saturated carbocycles. The Bertz CT molecular complexity index is 991. The van der Waals surface area contributed by atoms with Crippen molar-refractivity contribution in [2.45, 2.75) is 11.8 Å². The molecule has 0 heterocycles. The summed E-state index contributed by atoms with van der Waals surface area (Å²) < 4.78 is 33.3. The normalized spacial score (nSPS) is 11.4. The Labute approximate surface area is 178 Å². The molecule has 3 aromatic carbocycles. The SMILES string of the molecule is C=C(C)c1ccc2cc3ccccc3cc2c1S(=O)(=O)O.[Rb]. The van der Waals surface area contributed by atoms with Crippen molar-refractivity contribution in [3.63, 3.8) is 0 Å². The van der Waals surface area contributed by atoms with Gasteiger partial charge in [0.1, 0.15) is 4.90 Å². The van der Waals surface area contributed by atoms with Gasteiger partial charge in [-0.05, 0) is 46.4 Å². The van der Waals surface area contributed by atoms with Gasteiger partial charge in [0.15, 0.2) is 0 Å². The van der Waals surface area contributed by atoms with Crippen molar-refractivity contribution in [2.24, 2.45) is 0 Å². The topological polar surface area (TPSA) is 54.4 Å². The molecule has 22 heavy (non-hydrogen) atoms. The Balaban J connectivity index is 0.00000176. The molecule has 5 heteroatoms. The Hall–Kier alpha value is -0.365. The molecule has 0 fully saturated rings. The van der Waals surface area contributed by atoms with E-state index in [9.17, 15) is 13.0 Å². The summed E-state index contributed by atoms with van der Waals surface area (Å²) in [6, 6.07) is 14.9. The number of hydrogen-bond acceptors (Lipinski definition) is 2. The Morgan fingerprint density at radius 3 is 2.14 bits per heavy atom. The molecule has 0 aliphatic heterocycles. The summed E-state index contributed by atoms with van der Waals surface area (Å²) in [6.45, 7) is 5.51. The second kappa shape index (κ2) is 6.63. The minimum atomic E-state index is -4.33. The van der Waals surface area contributed by atoms with Crippen molar-refractivity contribution >= 4 is 95.4 Å². The third-order valence-electron chi connectivity index (χ3n) is 3.55. The zero-order valence-electron chi connectivity index (χ0n) is 12.5. The zero-order valence-corrected chi connectivity index (χ0v) is 18.2. The van der Waals surface area contributed by atoms with E-state index in [0.717, 1.165) is 16.2 Å². The van der Waals surface area contributed by atoms with E-state index in [1.54, 1.807) is 19.1 Å². The second-order valence-corrected chi connectivity index (χ2v) is 6.48. The van der Waals surface area contributed by atoms with Gasteiger partial charge in [-0.15, -0.1) is 0 Å². The van der Waals surface area contributed by atoms with Crippen molar-refractivity contribution < 1.29 is 13.0 Å². The van der Waals surface area contributed by atoms with Crippen LogP contribution in [-0.4, -0.2) is 71.2 Å². The fourth-order valence-corrected chi connectivity index (χ4v) is 3.58. The van der Waals surface area contributed by atoms with E-state index in [4.69, 9.17) is 0 Å². The van der Waals surface area contributed by atoms with Crippen LogP contribution in [0.4, 0.5) is 0 Å². The van der Waals surface area contributed by atoms with Crippen LogP contribution in [0, 0.1) is 0 Å². The first-order valence-corrected chi connectivity index (χ1v) is 7.91. The minimum absolute atomic E-state index is 0. The van der Waals surface area contributed by atoms with Gasteiger partial charge in [0.2, 0.25) is 0 Å². The van der Waals surface area contributed by atoms with Gasteiger partial charge in [0.25, 0.3) is 10.1 Å². The molecule has 1 radical (unpaired) electrons. The Kier molecular flexibility index (Phi) is 5.42. The molecule has 0 saturated heterocycles. The van der Waals surface area contributed by atoms with Gasteiger partial charge in [-0.1, -0.05) is 43.0 Å².